The first-order chi connectivity index (χ1) is 31.7. The van der Waals surface area contributed by atoms with Gasteiger partial charge >= 0.3 is 5.69 Å². The second kappa shape index (κ2) is 17.5. The number of benzene rings is 3. The maximum Gasteiger partial charge on any atom is 0.329 e. The molecule has 17 heteroatoms. The van der Waals surface area contributed by atoms with Gasteiger partial charge in [0.1, 0.15) is 17.3 Å². The number of fused-ring (bicyclic) bond motifs is 3. The number of nitrogens with zero attached hydrogens (tertiary/aromatic N) is 3. The van der Waals surface area contributed by atoms with Gasteiger partial charge in [-0.05, 0) is 129 Å². The van der Waals surface area contributed by atoms with Crippen molar-refractivity contribution in [1.82, 2.24) is 30.0 Å². The van der Waals surface area contributed by atoms with Crippen LogP contribution in [-0.4, -0.2) is 86.0 Å². The molecule has 5 atom stereocenters. The molecule has 4 aromatic rings. The SMILES string of the molecule is Cn1c(=O)n(C2CCC(=O)NC2=O)c2ccc(C3CCN(C(=O)C4CCC(NC(=O)[C@@H]5N[C@@H](C6CCC(O)CC6)[C@@]6(C(=O)Nc7cc(Cl)ccc76)[C@H]5c5cccc(Cl)c5F)CC4)CC3)cc21. The zero-order chi connectivity index (χ0) is 46.2. The normalized spacial score (nSPS) is 30.4. The molecule has 3 aromatic carbocycles. The van der Waals surface area contributed by atoms with Crippen molar-refractivity contribution in [3.05, 3.63) is 97.6 Å². The molecule has 5 N–H and O–H groups in total. The zero-order valence-corrected chi connectivity index (χ0v) is 38.2. The number of carbonyl (C=O) groups excluding carboxylic acids is 5. The number of halogens is 3. The van der Waals surface area contributed by atoms with E-state index in [2.05, 4.69) is 21.3 Å². The second-order valence-electron chi connectivity index (χ2n) is 19.4. The average Bonchev–Trinajstić information content (AvgIpc) is 3.90. The van der Waals surface area contributed by atoms with Crippen molar-refractivity contribution in [3.8, 4) is 0 Å². The summed E-state index contributed by atoms with van der Waals surface area (Å²) in [6, 6.07) is 13.2. The number of amides is 5. The van der Waals surface area contributed by atoms with E-state index in [1.165, 1.54) is 10.6 Å². The Labute approximate surface area is 390 Å². The molecule has 2 aliphatic carbocycles. The largest absolute Gasteiger partial charge is 0.393 e. The number of aryl methyl sites for hydroxylation is 1. The van der Waals surface area contributed by atoms with Crippen molar-refractivity contribution < 1.29 is 33.5 Å². The highest BCUT2D eigenvalue weighted by Crippen LogP contribution is 2.58. The van der Waals surface area contributed by atoms with E-state index in [0.717, 1.165) is 18.4 Å². The molecule has 6 aliphatic rings. The van der Waals surface area contributed by atoms with Gasteiger partial charge in [0.2, 0.25) is 29.5 Å². The number of carbonyl (C=O) groups is 5. The molecule has 66 heavy (non-hydrogen) atoms. The lowest BCUT2D eigenvalue weighted by atomic mass is 9.60. The monoisotopic (exact) mass is 941 g/mol. The number of nitrogens with one attached hydrogen (secondary N) is 4. The predicted octanol–water partition coefficient (Wildman–Crippen LogP) is 5.71. The van der Waals surface area contributed by atoms with Gasteiger partial charge in [-0.15, -0.1) is 0 Å². The Morgan fingerprint density at radius 2 is 1.59 bits per heavy atom. The first-order valence-corrected chi connectivity index (χ1v) is 24.1. The minimum absolute atomic E-state index is 0.103. The number of piperidine rings is 2. The Kier molecular flexibility index (Phi) is 11.9. The van der Waals surface area contributed by atoms with Crippen LogP contribution < -0.4 is 27.0 Å². The van der Waals surface area contributed by atoms with Gasteiger partial charge < -0.3 is 26.0 Å². The minimum Gasteiger partial charge on any atom is -0.393 e. The van der Waals surface area contributed by atoms with E-state index < -0.39 is 47.3 Å². The summed E-state index contributed by atoms with van der Waals surface area (Å²) in [6.07, 6.45) is 6.17. The number of imidazole rings is 1. The molecule has 5 amide bonds. The van der Waals surface area contributed by atoms with Crippen LogP contribution in [0.2, 0.25) is 10.0 Å². The third-order valence-corrected chi connectivity index (χ3v) is 16.4. The van der Waals surface area contributed by atoms with Crippen LogP contribution in [0.5, 0.6) is 0 Å². The molecule has 5 fully saturated rings. The summed E-state index contributed by atoms with van der Waals surface area (Å²) in [7, 11) is 1.69. The standard InChI is InChI=1S/C49H54Cl2FN7O7/c1-57-38-23-28(9-16-36(38)59(48(57)66)37-17-18-39(61)55-44(37)62)25-19-21-58(22-20-25)46(64)27-5-11-30(12-6-27)53-45(63)42-40(32-3-2-4-34(51)41(32)52)49(43(56-42)26-7-13-31(60)14-8-26)33-15-10-29(50)24-35(33)54-47(49)65/h2-4,9-10,15-16,23-27,30-31,37,40,42-43,56,60H,5-8,11-14,17-22H2,1H3,(H,53,63)(H,54,65)(H,55,61,62)/t26?,27?,30?,31?,37?,40-,42+,43-,49-/m0/s1. The summed E-state index contributed by atoms with van der Waals surface area (Å²) < 4.78 is 19.4. The van der Waals surface area contributed by atoms with Gasteiger partial charge in [0.25, 0.3) is 0 Å². The minimum atomic E-state index is -1.40. The zero-order valence-electron chi connectivity index (χ0n) is 36.7. The highest BCUT2D eigenvalue weighted by Gasteiger charge is 2.67. The van der Waals surface area contributed by atoms with Crippen molar-refractivity contribution >= 4 is 69.5 Å². The second-order valence-corrected chi connectivity index (χ2v) is 20.3. The van der Waals surface area contributed by atoms with Crippen LogP contribution in [0, 0.1) is 17.7 Å². The van der Waals surface area contributed by atoms with Crippen molar-refractivity contribution in [3.63, 3.8) is 0 Å². The van der Waals surface area contributed by atoms with Crippen LogP contribution in [0.3, 0.4) is 0 Å². The molecule has 5 heterocycles. The molecule has 0 bridgehead atoms. The molecule has 2 saturated carbocycles. The molecule has 348 valence electrons. The lowest BCUT2D eigenvalue weighted by molar-refractivity contribution is -0.138. The van der Waals surface area contributed by atoms with Gasteiger partial charge in [0.15, 0.2) is 0 Å². The van der Waals surface area contributed by atoms with Gasteiger partial charge in [-0.25, -0.2) is 9.18 Å². The lowest BCUT2D eigenvalue weighted by Crippen LogP contribution is -2.52. The molecule has 10 rings (SSSR count). The van der Waals surface area contributed by atoms with Crippen molar-refractivity contribution in [2.24, 2.45) is 18.9 Å². The van der Waals surface area contributed by atoms with E-state index in [4.69, 9.17) is 23.2 Å². The molecule has 14 nitrogen and oxygen atoms in total. The van der Waals surface area contributed by atoms with E-state index in [-0.39, 0.29) is 76.5 Å². The molecule has 0 radical (unpaired) electrons. The van der Waals surface area contributed by atoms with E-state index >= 15 is 4.39 Å². The first kappa shape index (κ1) is 44.7. The van der Waals surface area contributed by atoms with E-state index in [1.54, 1.807) is 41.9 Å². The van der Waals surface area contributed by atoms with E-state index in [1.807, 2.05) is 23.1 Å². The number of aliphatic hydroxyl groups excluding tert-OH is 1. The Morgan fingerprint density at radius 3 is 2.32 bits per heavy atom. The number of aliphatic hydroxyl groups is 1. The third-order valence-electron chi connectivity index (χ3n) is 15.9. The highest BCUT2D eigenvalue weighted by atomic mass is 35.5. The number of anilines is 1. The fraction of sp³-hybridized carbons (Fsp3) is 0.510. The first-order valence-electron chi connectivity index (χ1n) is 23.4. The average molecular weight is 943 g/mol. The van der Waals surface area contributed by atoms with Gasteiger partial charge in [-0.1, -0.05) is 47.5 Å². The number of rotatable bonds is 7. The van der Waals surface area contributed by atoms with Crippen LogP contribution in [-0.2, 0) is 36.4 Å². The summed E-state index contributed by atoms with van der Waals surface area (Å²) >= 11 is 12.8. The molecular weight excluding hydrogens is 888 g/mol. The molecule has 1 spiro atoms. The summed E-state index contributed by atoms with van der Waals surface area (Å²) in [5.41, 5.74) is 2.03. The quantitative estimate of drug-likeness (QED) is 0.146. The Hall–Kier alpha value is -5.09. The van der Waals surface area contributed by atoms with Gasteiger partial charge in [0, 0.05) is 61.2 Å². The molecular formula is C49H54Cl2FN7O7. The molecule has 1 unspecified atom stereocenters. The summed E-state index contributed by atoms with van der Waals surface area (Å²) in [4.78, 5) is 83.1. The number of likely N-dealkylation sites (tertiary alicyclic amines) is 1. The van der Waals surface area contributed by atoms with Crippen LogP contribution in [0.4, 0.5) is 10.1 Å². The fourth-order valence-corrected chi connectivity index (χ4v) is 12.9. The summed E-state index contributed by atoms with van der Waals surface area (Å²) in [5, 5.41) is 23.0. The maximum absolute atomic E-state index is 16.4. The van der Waals surface area contributed by atoms with Gasteiger partial charge in [0.05, 0.1) is 28.2 Å². The summed E-state index contributed by atoms with van der Waals surface area (Å²) in [5.74, 6) is -3.18. The van der Waals surface area contributed by atoms with Crippen LogP contribution in [0.15, 0.2) is 59.4 Å². The Balaban J connectivity index is 0.817. The Bertz CT molecular complexity index is 2700. The molecule has 4 aliphatic heterocycles. The smallest absolute Gasteiger partial charge is 0.329 e. The lowest BCUT2D eigenvalue weighted by Gasteiger charge is -2.40. The third kappa shape index (κ3) is 7.54. The van der Waals surface area contributed by atoms with E-state index in [0.29, 0.717) is 91.8 Å². The number of hydrogen-bond donors (Lipinski definition) is 5. The van der Waals surface area contributed by atoms with Gasteiger partial charge in [-0.3, -0.25) is 38.4 Å². The molecule has 1 aromatic heterocycles. The fourth-order valence-electron chi connectivity index (χ4n) is 12.5. The van der Waals surface area contributed by atoms with E-state index in [9.17, 15) is 33.9 Å². The van der Waals surface area contributed by atoms with Crippen molar-refractivity contribution in [2.75, 3.05) is 18.4 Å². The Morgan fingerprint density at radius 1 is 0.848 bits per heavy atom. The van der Waals surface area contributed by atoms with Crippen molar-refractivity contribution in [2.45, 2.75) is 125 Å². The van der Waals surface area contributed by atoms with Crippen LogP contribution in [0.25, 0.3) is 11.0 Å². The number of aromatic nitrogens is 2. The highest BCUT2D eigenvalue weighted by molar-refractivity contribution is 6.31. The number of imide groups is 1. The van der Waals surface area contributed by atoms with Crippen LogP contribution in [0.1, 0.15) is 112 Å². The predicted molar refractivity (Wildman–Crippen MR) is 246 cm³/mol. The molecule has 3 saturated heterocycles. The maximum atomic E-state index is 16.4. The van der Waals surface area contributed by atoms with Crippen molar-refractivity contribution in [1.29, 1.82) is 0 Å². The summed E-state index contributed by atoms with van der Waals surface area (Å²) in [6.45, 7) is 1.18. The van der Waals surface area contributed by atoms with Gasteiger partial charge in [-0.2, -0.15) is 0 Å². The topological polar surface area (TPSA) is 184 Å². The number of hydrogen-bond acceptors (Lipinski definition) is 8. The van der Waals surface area contributed by atoms with Crippen LogP contribution >= 0.6 is 23.2 Å².